The number of rotatable bonds is 13. The van der Waals surface area contributed by atoms with Crippen LogP contribution in [0.5, 0.6) is 0 Å². The Hall–Kier alpha value is -4.42. The highest BCUT2D eigenvalue weighted by atomic mass is 19.4. The van der Waals surface area contributed by atoms with Gasteiger partial charge in [-0.05, 0) is 55.6 Å². The summed E-state index contributed by atoms with van der Waals surface area (Å²) in [7, 11) is 0. The van der Waals surface area contributed by atoms with Crippen molar-refractivity contribution in [3.05, 3.63) is 53.8 Å². The Morgan fingerprint density at radius 1 is 1.07 bits per heavy atom. The summed E-state index contributed by atoms with van der Waals surface area (Å²) in [6, 6.07) is 2.43. The number of hydrogen-bond donors (Lipinski definition) is 2. The number of imidazole rings is 1. The lowest BCUT2D eigenvalue weighted by Gasteiger charge is -2.33. The lowest BCUT2D eigenvalue weighted by molar-refractivity contribution is -0.144. The van der Waals surface area contributed by atoms with Gasteiger partial charge in [-0.2, -0.15) is 33.4 Å². The fraction of sp³-hybridized carbons (Fsp3) is 0.567. The van der Waals surface area contributed by atoms with E-state index in [2.05, 4.69) is 37.5 Å². The van der Waals surface area contributed by atoms with Gasteiger partial charge in [0.1, 0.15) is 0 Å². The van der Waals surface area contributed by atoms with Crippen LogP contribution in [0.25, 0.3) is 5.65 Å². The molecule has 2 aliphatic carbocycles. The highest BCUT2D eigenvalue weighted by molar-refractivity contribution is 5.92. The van der Waals surface area contributed by atoms with E-state index in [1.807, 2.05) is 6.07 Å². The molecule has 0 aliphatic heterocycles. The van der Waals surface area contributed by atoms with Crippen LogP contribution >= 0.6 is 0 Å². The number of carbonyl (C=O) groups excluding carboxylic acids is 2. The van der Waals surface area contributed by atoms with E-state index < -0.39 is 48.8 Å². The number of fused-ring (bicyclic) bond motifs is 1. The standard InChI is InChI=1S/C30H34F5N9O2/c1-18(3-2-12-36)16-44-38-15-22(42-44)28(46)41-27(20-6-9-29(31,32)10-7-20)23-17-43-24(39-23)13-21(14-37-43)26(19-4-5-19)40-25(45)8-11-30(33,34)35/h13-15,17,19-20,26-27H,1-11,16H2,(H,40,45)(H,41,46)/t26?,27-/m0/s1. The van der Waals surface area contributed by atoms with Crippen LogP contribution in [-0.4, -0.2) is 53.5 Å². The third-order valence-electron chi connectivity index (χ3n) is 8.33. The van der Waals surface area contributed by atoms with Gasteiger partial charge in [-0.25, -0.2) is 18.3 Å². The molecule has 0 saturated heterocycles. The average Bonchev–Trinajstić information content (AvgIpc) is 3.58. The van der Waals surface area contributed by atoms with Gasteiger partial charge in [-0.3, -0.25) is 9.59 Å². The molecule has 0 aromatic carbocycles. The summed E-state index contributed by atoms with van der Waals surface area (Å²) in [5.41, 5.74) is 2.06. The van der Waals surface area contributed by atoms with Crippen molar-refractivity contribution in [1.29, 1.82) is 5.26 Å². The molecule has 246 valence electrons. The van der Waals surface area contributed by atoms with Crippen LogP contribution in [0.4, 0.5) is 22.0 Å². The average molecular weight is 648 g/mol. The van der Waals surface area contributed by atoms with Crippen LogP contribution in [0.3, 0.4) is 0 Å². The molecule has 11 nitrogen and oxygen atoms in total. The van der Waals surface area contributed by atoms with Crippen LogP contribution in [0.15, 0.2) is 36.8 Å². The molecule has 5 rings (SSSR count). The maximum atomic E-state index is 14.1. The van der Waals surface area contributed by atoms with Crippen molar-refractivity contribution in [2.45, 2.75) is 94.9 Å². The normalized spacial score (nSPS) is 18.1. The molecule has 3 aromatic rings. The number of carbonyl (C=O) groups is 2. The number of halogens is 5. The van der Waals surface area contributed by atoms with Crippen LogP contribution in [-0.2, 0) is 11.3 Å². The highest BCUT2D eigenvalue weighted by Crippen LogP contribution is 2.43. The van der Waals surface area contributed by atoms with Crippen molar-refractivity contribution in [2.24, 2.45) is 11.8 Å². The van der Waals surface area contributed by atoms with Gasteiger partial charge in [0.25, 0.3) is 5.91 Å². The summed E-state index contributed by atoms with van der Waals surface area (Å²) in [5.74, 6) is -4.38. The molecule has 0 radical (unpaired) electrons. The van der Waals surface area contributed by atoms with E-state index in [9.17, 15) is 31.5 Å². The van der Waals surface area contributed by atoms with Crippen LogP contribution < -0.4 is 10.6 Å². The van der Waals surface area contributed by atoms with E-state index in [0.717, 1.165) is 12.8 Å². The largest absolute Gasteiger partial charge is 0.389 e. The predicted octanol–water partition coefficient (Wildman–Crippen LogP) is 5.39. The minimum absolute atomic E-state index is 0.0111. The number of alkyl halides is 5. The van der Waals surface area contributed by atoms with E-state index in [1.54, 1.807) is 12.3 Å². The zero-order valence-electron chi connectivity index (χ0n) is 24.9. The quantitative estimate of drug-likeness (QED) is 0.187. The van der Waals surface area contributed by atoms with Gasteiger partial charge >= 0.3 is 6.18 Å². The molecule has 16 heteroatoms. The van der Waals surface area contributed by atoms with E-state index in [1.165, 1.54) is 21.7 Å². The molecular formula is C30H34F5N9O2. The minimum Gasteiger partial charge on any atom is -0.349 e. The molecule has 3 aromatic heterocycles. The minimum atomic E-state index is -4.44. The van der Waals surface area contributed by atoms with Crippen molar-refractivity contribution in [1.82, 2.24) is 40.2 Å². The van der Waals surface area contributed by atoms with E-state index >= 15 is 0 Å². The SMILES string of the molecule is C=C(CCC#N)Cn1ncc(C(=O)N[C@H](c2cn3ncc(C(NC(=O)CCC(F)(F)F)C4CC4)cc3n2)C2CCC(F)(F)CC2)n1. The van der Waals surface area contributed by atoms with Crippen LogP contribution in [0.1, 0.15) is 98.0 Å². The zero-order chi connectivity index (χ0) is 33.1. The fourth-order valence-corrected chi connectivity index (χ4v) is 5.67. The summed E-state index contributed by atoms with van der Waals surface area (Å²) < 4.78 is 67.5. The molecule has 46 heavy (non-hydrogen) atoms. The Balaban J connectivity index is 1.35. The Morgan fingerprint density at radius 2 is 1.78 bits per heavy atom. The Morgan fingerprint density at radius 3 is 2.46 bits per heavy atom. The van der Waals surface area contributed by atoms with Gasteiger partial charge in [0.15, 0.2) is 11.3 Å². The summed E-state index contributed by atoms with van der Waals surface area (Å²) in [4.78, 5) is 31.6. The second-order valence-corrected chi connectivity index (χ2v) is 12.1. The summed E-state index contributed by atoms with van der Waals surface area (Å²) >= 11 is 0. The van der Waals surface area contributed by atoms with Crippen molar-refractivity contribution in [3.63, 3.8) is 0 Å². The van der Waals surface area contributed by atoms with E-state index in [-0.39, 0.29) is 49.8 Å². The number of hydrogen-bond acceptors (Lipinski definition) is 7. The molecule has 2 amide bonds. The molecule has 1 unspecified atom stereocenters. The predicted molar refractivity (Wildman–Crippen MR) is 153 cm³/mol. The lowest BCUT2D eigenvalue weighted by Crippen LogP contribution is -2.37. The Kier molecular flexibility index (Phi) is 9.68. The van der Waals surface area contributed by atoms with Gasteiger partial charge in [-0.15, -0.1) is 5.10 Å². The second-order valence-electron chi connectivity index (χ2n) is 12.1. The van der Waals surface area contributed by atoms with Gasteiger partial charge in [0.05, 0.1) is 55.4 Å². The number of amides is 2. The smallest absolute Gasteiger partial charge is 0.349 e. The van der Waals surface area contributed by atoms with Gasteiger partial charge in [0, 0.05) is 25.7 Å². The summed E-state index contributed by atoms with van der Waals surface area (Å²) in [6.45, 7) is 4.12. The Labute approximate surface area is 261 Å². The maximum absolute atomic E-state index is 14.1. The summed E-state index contributed by atoms with van der Waals surface area (Å²) in [6.07, 6.45) is 0.0368. The van der Waals surface area contributed by atoms with Gasteiger partial charge in [0.2, 0.25) is 11.8 Å². The monoisotopic (exact) mass is 647 g/mol. The first kappa shape index (κ1) is 33.0. The van der Waals surface area contributed by atoms with Gasteiger partial charge in [-0.1, -0.05) is 12.2 Å². The first-order chi connectivity index (χ1) is 21.8. The van der Waals surface area contributed by atoms with Crippen LogP contribution in [0.2, 0.25) is 0 Å². The first-order valence-electron chi connectivity index (χ1n) is 15.1. The zero-order valence-corrected chi connectivity index (χ0v) is 24.9. The number of allylic oxidation sites excluding steroid dienone is 1. The number of aromatic nitrogens is 6. The Bertz CT molecular complexity index is 1610. The van der Waals surface area contributed by atoms with Crippen molar-refractivity contribution in [3.8, 4) is 6.07 Å². The molecular weight excluding hydrogens is 613 g/mol. The topological polar surface area (TPSA) is 143 Å². The second kappa shape index (κ2) is 13.5. The molecule has 2 saturated carbocycles. The first-order valence-corrected chi connectivity index (χ1v) is 15.1. The number of nitrogens with zero attached hydrogens (tertiary/aromatic N) is 7. The van der Waals surface area contributed by atoms with E-state index in [4.69, 9.17) is 5.26 Å². The molecule has 2 N–H and O–H groups in total. The molecule has 2 atom stereocenters. The van der Waals surface area contributed by atoms with Crippen molar-refractivity contribution in [2.75, 3.05) is 0 Å². The number of nitrogens with one attached hydrogen (secondary N) is 2. The third-order valence-corrected chi connectivity index (χ3v) is 8.33. The lowest BCUT2D eigenvalue weighted by atomic mass is 9.81. The molecule has 0 bridgehead atoms. The van der Waals surface area contributed by atoms with Gasteiger partial charge < -0.3 is 10.6 Å². The molecule has 2 aliphatic rings. The van der Waals surface area contributed by atoms with Crippen molar-refractivity contribution < 1.29 is 31.5 Å². The highest BCUT2D eigenvalue weighted by Gasteiger charge is 2.40. The van der Waals surface area contributed by atoms with E-state index in [0.29, 0.717) is 35.3 Å². The molecule has 3 heterocycles. The maximum Gasteiger partial charge on any atom is 0.389 e. The fourth-order valence-electron chi connectivity index (χ4n) is 5.67. The summed E-state index contributed by atoms with van der Waals surface area (Å²) in [5, 5.41) is 27.1. The number of nitriles is 1. The van der Waals surface area contributed by atoms with Crippen molar-refractivity contribution >= 4 is 17.5 Å². The van der Waals surface area contributed by atoms with Crippen LogP contribution in [0, 0.1) is 23.2 Å². The molecule has 2 fully saturated rings. The molecule has 0 spiro atoms. The third kappa shape index (κ3) is 8.64.